The summed E-state index contributed by atoms with van der Waals surface area (Å²) in [6.45, 7) is 0.132. The monoisotopic (exact) mass is 359 g/mol. The lowest BCUT2D eigenvalue weighted by molar-refractivity contribution is -0.387. The van der Waals surface area contributed by atoms with E-state index in [2.05, 4.69) is 20.7 Å². The van der Waals surface area contributed by atoms with Gasteiger partial charge in [-0.25, -0.2) is 13.1 Å². The maximum atomic E-state index is 11.8. The molecule has 0 bridgehead atoms. The molecule has 0 atom stereocenters. The largest absolute Gasteiger partial charge is 0.329 e. The van der Waals surface area contributed by atoms with Crippen molar-refractivity contribution in [1.82, 2.24) is 4.72 Å². The zero-order valence-corrected chi connectivity index (χ0v) is 12.2. The molecule has 0 unspecified atom stereocenters. The van der Waals surface area contributed by atoms with Gasteiger partial charge in [0.05, 0.1) is 4.92 Å². The summed E-state index contributed by atoms with van der Waals surface area (Å²) in [7, 11) is -3.92. The second-order valence-electron chi connectivity index (χ2n) is 3.06. The van der Waals surface area contributed by atoms with Gasteiger partial charge < -0.3 is 5.73 Å². The summed E-state index contributed by atoms with van der Waals surface area (Å²) in [5, 5.41) is 10.7. The van der Waals surface area contributed by atoms with E-state index in [0.717, 1.165) is 6.07 Å². The minimum Gasteiger partial charge on any atom is -0.329 e. The molecule has 18 heavy (non-hydrogen) atoms. The second kappa shape index (κ2) is 7.00. The number of halogens is 2. The Hall–Kier alpha value is -0.740. The van der Waals surface area contributed by atoms with Gasteiger partial charge >= 0.3 is 0 Å². The highest BCUT2D eigenvalue weighted by molar-refractivity contribution is 9.10. The third kappa shape index (κ3) is 4.18. The average Bonchev–Trinajstić information content (AvgIpc) is 2.26. The molecule has 1 aromatic rings. The van der Waals surface area contributed by atoms with Gasteiger partial charge in [-0.2, -0.15) is 0 Å². The molecular formula is C8H11BrClN3O4S. The molecule has 10 heteroatoms. The topological polar surface area (TPSA) is 115 Å². The van der Waals surface area contributed by atoms with Crippen LogP contribution in [0, 0.1) is 10.1 Å². The molecule has 0 heterocycles. The number of nitrogens with two attached hydrogens (primary N) is 1. The Morgan fingerprint density at radius 2 is 2.06 bits per heavy atom. The number of nitrogens with one attached hydrogen (secondary N) is 1. The molecule has 0 radical (unpaired) electrons. The Morgan fingerprint density at radius 1 is 1.44 bits per heavy atom. The number of hydrogen-bond donors (Lipinski definition) is 2. The van der Waals surface area contributed by atoms with Crippen molar-refractivity contribution in [1.29, 1.82) is 0 Å². The van der Waals surface area contributed by atoms with Gasteiger partial charge in [0, 0.05) is 23.6 Å². The number of sulfonamides is 1. The summed E-state index contributed by atoms with van der Waals surface area (Å²) in [5.41, 5.74) is 4.70. The summed E-state index contributed by atoms with van der Waals surface area (Å²) in [5.74, 6) is 0. The molecule has 0 spiro atoms. The smallest absolute Gasteiger partial charge is 0.289 e. The van der Waals surface area contributed by atoms with Crippen LogP contribution < -0.4 is 10.5 Å². The molecule has 0 aliphatic rings. The first-order valence-electron chi connectivity index (χ1n) is 4.52. The normalized spacial score (nSPS) is 10.8. The van der Waals surface area contributed by atoms with E-state index in [1.54, 1.807) is 0 Å². The van der Waals surface area contributed by atoms with Gasteiger partial charge in [0.2, 0.25) is 10.0 Å². The number of nitro groups is 1. The Labute approximate surface area is 118 Å². The van der Waals surface area contributed by atoms with Crippen molar-refractivity contribution in [3.63, 3.8) is 0 Å². The molecule has 7 nitrogen and oxygen atoms in total. The lowest BCUT2D eigenvalue weighted by atomic mass is 10.3. The van der Waals surface area contributed by atoms with Crippen LogP contribution in [0.3, 0.4) is 0 Å². The molecule has 0 aromatic heterocycles. The van der Waals surface area contributed by atoms with Crippen LogP contribution in [0.25, 0.3) is 0 Å². The number of benzene rings is 1. The van der Waals surface area contributed by atoms with Crippen molar-refractivity contribution < 1.29 is 13.3 Å². The summed E-state index contributed by atoms with van der Waals surface area (Å²) >= 11 is 3.07. The first-order chi connectivity index (χ1) is 7.88. The van der Waals surface area contributed by atoms with E-state index in [0.29, 0.717) is 4.47 Å². The minimum absolute atomic E-state index is 0. The molecule has 0 fully saturated rings. The molecule has 0 amide bonds. The van der Waals surface area contributed by atoms with Crippen LogP contribution in [0.5, 0.6) is 0 Å². The molecule has 0 aliphatic heterocycles. The van der Waals surface area contributed by atoms with Crippen LogP contribution in [-0.4, -0.2) is 26.4 Å². The molecule has 0 saturated carbocycles. The van der Waals surface area contributed by atoms with Gasteiger partial charge in [0.15, 0.2) is 4.90 Å². The van der Waals surface area contributed by atoms with Crippen LogP contribution in [0.4, 0.5) is 5.69 Å². The predicted octanol–water partition coefficient (Wildman–Crippen LogP) is 1.02. The number of nitro benzene ring substituents is 1. The average molecular weight is 361 g/mol. The van der Waals surface area contributed by atoms with E-state index >= 15 is 0 Å². The van der Waals surface area contributed by atoms with Crippen molar-refractivity contribution in [3.05, 3.63) is 32.8 Å². The molecule has 1 rings (SSSR count). The van der Waals surface area contributed by atoms with E-state index in [-0.39, 0.29) is 30.4 Å². The van der Waals surface area contributed by atoms with Crippen molar-refractivity contribution >= 4 is 44.0 Å². The Kier molecular flexibility index (Phi) is 6.71. The quantitative estimate of drug-likeness (QED) is 0.601. The van der Waals surface area contributed by atoms with Gasteiger partial charge in [-0.15, -0.1) is 12.4 Å². The standard InChI is InChI=1S/C8H10BrN3O4S.ClH/c9-6-1-2-7(12(13)14)8(5-6)17(15,16)11-4-3-10;/h1-2,5,11H,3-4,10H2;1H. The summed E-state index contributed by atoms with van der Waals surface area (Å²) < 4.78 is 26.2. The maximum Gasteiger partial charge on any atom is 0.289 e. The molecule has 1 aromatic carbocycles. The minimum atomic E-state index is -3.92. The third-order valence-electron chi connectivity index (χ3n) is 1.84. The zero-order valence-electron chi connectivity index (χ0n) is 9.00. The van der Waals surface area contributed by atoms with E-state index in [4.69, 9.17) is 5.73 Å². The van der Waals surface area contributed by atoms with Crippen molar-refractivity contribution in [2.45, 2.75) is 4.90 Å². The van der Waals surface area contributed by atoms with Gasteiger partial charge in [0.1, 0.15) is 0 Å². The fourth-order valence-corrected chi connectivity index (χ4v) is 2.88. The van der Waals surface area contributed by atoms with Crippen molar-refractivity contribution in [2.24, 2.45) is 5.73 Å². The molecule has 0 aliphatic carbocycles. The SMILES string of the molecule is Cl.NCCNS(=O)(=O)c1cc(Br)ccc1[N+](=O)[O-]. The first-order valence-corrected chi connectivity index (χ1v) is 6.80. The van der Waals surface area contributed by atoms with Crippen LogP contribution in [-0.2, 0) is 10.0 Å². The van der Waals surface area contributed by atoms with Crippen molar-refractivity contribution in [2.75, 3.05) is 13.1 Å². The maximum absolute atomic E-state index is 11.8. The van der Waals surface area contributed by atoms with Gasteiger partial charge in [-0.05, 0) is 12.1 Å². The lowest BCUT2D eigenvalue weighted by Gasteiger charge is -2.06. The van der Waals surface area contributed by atoms with Crippen LogP contribution in [0.2, 0.25) is 0 Å². The highest BCUT2D eigenvalue weighted by Gasteiger charge is 2.25. The number of nitrogens with zero attached hydrogens (tertiary/aromatic N) is 1. The fourth-order valence-electron chi connectivity index (χ4n) is 1.13. The molecule has 102 valence electrons. The first kappa shape index (κ1) is 17.3. The number of rotatable bonds is 5. The summed E-state index contributed by atoms with van der Waals surface area (Å²) in [4.78, 5) is 9.60. The molecule has 0 saturated heterocycles. The summed E-state index contributed by atoms with van der Waals surface area (Å²) in [6, 6.07) is 3.71. The van der Waals surface area contributed by atoms with Crippen LogP contribution in [0.15, 0.2) is 27.6 Å². The fraction of sp³-hybridized carbons (Fsp3) is 0.250. The van der Waals surface area contributed by atoms with Crippen LogP contribution in [0.1, 0.15) is 0 Å². The third-order valence-corrected chi connectivity index (χ3v) is 3.83. The highest BCUT2D eigenvalue weighted by atomic mass is 79.9. The molecule has 3 N–H and O–H groups in total. The molecular weight excluding hydrogens is 350 g/mol. The Balaban J connectivity index is 0.00000289. The van der Waals surface area contributed by atoms with E-state index in [1.807, 2.05) is 0 Å². The van der Waals surface area contributed by atoms with E-state index in [1.165, 1.54) is 12.1 Å². The Morgan fingerprint density at radius 3 is 2.56 bits per heavy atom. The van der Waals surface area contributed by atoms with E-state index < -0.39 is 20.6 Å². The second-order valence-corrected chi connectivity index (χ2v) is 5.71. The van der Waals surface area contributed by atoms with Gasteiger partial charge in [-0.1, -0.05) is 15.9 Å². The zero-order chi connectivity index (χ0) is 13.1. The number of hydrogen-bond acceptors (Lipinski definition) is 5. The highest BCUT2D eigenvalue weighted by Crippen LogP contribution is 2.26. The van der Waals surface area contributed by atoms with Gasteiger partial charge in [-0.3, -0.25) is 10.1 Å². The summed E-state index contributed by atoms with van der Waals surface area (Å²) in [6.07, 6.45) is 0. The van der Waals surface area contributed by atoms with Crippen LogP contribution >= 0.6 is 28.3 Å². The lowest BCUT2D eigenvalue weighted by Crippen LogP contribution is -2.29. The Bertz CT molecular complexity index is 537. The van der Waals surface area contributed by atoms with Crippen molar-refractivity contribution in [3.8, 4) is 0 Å². The predicted molar refractivity (Wildman–Crippen MR) is 72.3 cm³/mol. The van der Waals surface area contributed by atoms with Gasteiger partial charge in [0.25, 0.3) is 5.69 Å². The van der Waals surface area contributed by atoms with E-state index in [9.17, 15) is 18.5 Å².